The molecule has 2 aliphatic heterocycles. The highest BCUT2D eigenvalue weighted by atomic mass is 16.7. The van der Waals surface area contributed by atoms with Gasteiger partial charge in [-0.15, -0.1) is 0 Å². The molecule has 0 saturated carbocycles. The van der Waals surface area contributed by atoms with Crippen molar-refractivity contribution in [1.29, 1.82) is 0 Å². The van der Waals surface area contributed by atoms with Gasteiger partial charge in [0.1, 0.15) is 0 Å². The van der Waals surface area contributed by atoms with Gasteiger partial charge in [0.15, 0.2) is 17.3 Å². The van der Waals surface area contributed by atoms with E-state index in [1.807, 2.05) is 24.3 Å². The number of nitrogens with zero attached hydrogens (tertiary/aromatic N) is 1. The van der Waals surface area contributed by atoms with Crippen LogP contribution < -0.4 is 9.47 Å². The van der Waals surface area contributed by atoms with Crippen LogP contribution in [0.25, 0.3) is 5.57 Å². The van der Waals surface area contributed by atoms with Gasteiger partial charge >= 0.3 is 0 Å². The third kappa shape index (κ3) is 2.65. The highest BCUT2D eigenvalue weighted by Crippen LogP contribution is 2.50. The summed E-state index contributed by atoms with van der Waals surface area (Å²) in [6, 6.07) is 12.1. The first-order chi connectivity index (χ1) is 13.6. The molecule has 5 heteroatoms. The number of rotatable bonds is 3. The minimum atomic E-state index is -0.241. The fraction of sp³-hybridized carbons (Fsp3) is 0.348. The van der Waals surface area contributed by atoms with Crippen molar-refractivity contribution in [3.63, 3.8) is 0 Å². The van der Waals surface area contributed by atoms with Crippen molar-refractivity contribution in [3.05, 3.63) is 64.7 Å². The van der Waals surface area contributed by atoms with E-state index in [1.165, 1.54) is 5.56 Å². The first-order valence-corrected chi connectivity index (χ1v) is 9.68. The Morgan fingerprint density at radius 3 is 2.39 bits per heavy atom. The van der Waals surface area contributed by atoms with Crippen LogP contribution in [-0.4, -0.2) is 43.8 Å². The van der Waals surface area contributed by atoms with E-state index in [9.17, 15) is 4.79 Å². The summed E-state index contributed by atoms with van der Waals surface area (Å²) in [5, 5.41) is 0. The van der Waals surface area contributed by atoms with Crippen LogP contribution >= 0.6 is 0 Å². The number of fused-ring (bicyclic) bond motifs is 2. The monoisotopic (exact) mass is 377 g/mol. The van der Waals surface area contributed by atoms with E-state index in [0.717, 1.165) is 60.1 Å². The normalized spacial score (nSPS) is 23.4. The predicted octanol–water partition coefficient (Wildman–Crippen LogP) is 3.61. The summed E-state index contributed by atoms with van der Waals surface area (Å²) < 4.78 is 16.9. The van der Waals surface area contributed by atoms with Gasteiger partial charge < -0.3 is 14.2 Å². The van der Waals surface area contributed by atoms with Crippen LogP contribution in [-0.2, 0) is 10.3 Å². The molecule has 5 rings (SSSR count). The highest BCUT2D eigenvalue weighted by Gasteiger charge is 2.41. The first-order valence-electron chi connectivity index (χ1n) is 9.68. The van der Waals surface area contributed by atoms with Gasteiger partial charge in [0, 0.05) is 18.7 Å². The third-order valence-corrected chi connectivity index (χ3v) is 6.04. The standard InChI is InChI=1S/C23H23NO4/c1-15(25)16-3-5-17(6-4-16)19-13-23(2,24-7-9-26-10-8-24)20-12-22-21(11-18(19)20)27-14-28-22/h3-6,11-13H,7-10,14H2,1-2H3. The molecule has 28 heavy (non-hydrogen) atoms. The maximum absolute atomic E-state index is 11.7. The van der Waals surface area contributed by atoms with Crippen LogP contribution in [0.4, 0.5) is 0 Å². The third-order valence-electron chi connectivity index (χ3n) is 6.04. The van der Waals surface area contributed by atoms with Gasteiger partial charge in [-0.05, 0) is 48.2 Å². The fourth-order valence-corrected chi connectivity index (χ4v) is 4.43. The number of ether oxygens (including phenoxy) is 3. The van der Waals surface area contributed by atoms with E-state index in [0.29, 0.717) is 0 Å². The Morgan fingerprint density at radius 2 is 1.71 bits per heavy atom. The van der Waals surface area contributed by atoms with Gasteiger partial charge in [-0.2, -0.15) is 0 Å². The quantitative estimate of drug-likeness (QED) is 0.765. The SMILES string of the molecule is CC(=O)c1ccc(C2=CC(C)(N3CCOCC3)c3cc4c(cc32)OCO4)cc1. The van der Waals surface area contributed by atoms with Crippen molar-refractivity contribution >= 4 is 11.4 Å². The molecule has 1 fully saturated rings. The molecule has 0 amide bonds. The molecule has 0 N–H and O–H groups in total. The topological polar surface area (TPSA) is 48.0 Å². The Morgan fingerprint density at radius 1 is 1.04 bits per heavy atom. The Balaban J connectivity index is 1.64. The van der Waals surface area contributed by atoms with Crippen molar-refractivity contribution < 1.29 is 19.0 Å². The summed E-state index contributed by atoms with van der Waals surface area (Å²) >= 11 is 0. The number of carbonyl (C=O) groups excluding carboxylic acids is 1. The van der Waals surface area contributed by atoms with Crippen molar-refractivity contribution in [1.82, 2.24) is 4.90 Å². The minimum absolute atomic E-state index is 0.0777. The molecular formula is C23H23NO4. The Bertz CT molecular complexity index is 973. The largest absolute Gasteiger partial charge is 0.454 e. The van der Waals surface area contributed by atoms with Crippen LogP contribution in [0.1, 0.15) is 40.9 Å². The van der Waals surface area contributed by atoms with Crippen LogP contribution in [0.15, 0.2) is 42.5 Å². The average molecular weight is 377 g/mol. The average Bonchev–Trinajstić information content (AvgIpc) is 3.30. The number of morpholine rings is 1. The van der Waals surface area contributed by atoms with Gasteiger partial charge in [-0.3, -0.25) is 9.69 Å². The Labute approximate surface area is 164 Å². The summed E-state index contributed by atoms with van der Waals surface area (Å²) in [4.78, 5) is 14.1. The molecule has 2 heterocycles. The molecule has 1 unspecified atom stereocenters. The molecule has 2 aromatic rings. The lowest BCUT2D eigenvalue weighted by atomic mass is 9.91. The predicted molar refractivity (Wildman–Crippen MR) is 106 cm³/mol. The summed E-state index contributed by atoms with van der Waals surface area (Å²) in [6.45, 7) is 7.37. The molecule has 0 spiro atoms. The minimum Gasteiger partial charge on any atom is -0.454 e. The summed E-state index contributed by atoms with van der Waals surface area (Å²) in [5.74, 6) is 1.67. The molecule has 0 radical (unpaired) electrons. The number of hydrogen-bond donors (Lipinski definition) is 0. The van der Waals surface area contributed by atoms with Gasteiger partial charge in [-0.25, -0.2) is 0 Å². The smallest absolute Gasteiger partial charge is 0.231 e. The molecule has 144 valence electrons. The lowest BCUT2D eigenvalue weighted by Gasteiger charge is -2.40. The van der Waals surface area contributed by atoms with Crippen LogP contribution in [0.3, 0.4) is 0 Å². The van der Waals surface area contributed by atoms with Crippen LogP contribution in [0.5, 0.6) is 11.5 Å². The maximum atomic E-state index is 11.7. The van der Waals surface area contributed by atoms with Crippen LogP contribution in [0.2, 0.25) is 0 Å². The molecule has 5 nitrogen and oxygen atoms in total. The number of carbonyl (C=O) groups is 1. The van der Waals surface area contributed by atoms with Crippen LogP contribution in [0, 0.1) is 0 Å². The van der Waals surface area contributed by atoms with Crippen molar-refractivity contribution in [2.45, 2.75) is 19.4 Å². The Hall–Kier alpha value is -2.63. The van der Waals surface area contributed by atoms with Crippen molar-refractivity contribution in [3.8, 4) is 11.5 Å². The summed E-state index contributed by atoms with van der Waals surface area (Å²) in [6.07, 6.45) is 2.33. The second-order valence-corrected chi connectivity index (χ2v) is 7.69. The van der Waals surface area contributed by atoms with E-state index < -0.39 is 0 Å². The molecule has 1 aliphatic carbocycles. The van der Waals surface area contributed by atoms with E-state index in [4.69, 9.17) is 14.2 Å². The van der Waals surface area contributed by atoms with E-state index in [2.05, 4.69) is 30.0 Å². The molecule has 2 aromatic carbocycles. The maximum Gasteiger partial charge on any atom is 0.231 e. The molecule has 3 aliphatic rings. The fourth-order valence-electron chi connectivity index (χ4n) is 4.43. The zero-order valence-corrected chi connectivity index (χ0v) is 16.2. The lowest BCUT2D eigenvalue weighted by molar-refractivity contribution is -0.00109. The first kappa shape index (κ1) is 17.5. The zero-order chi connectivity index (χ0) is 19.3. The highest BCUT2D eigenvalue weighted by molar-refractivity contribution is 5.95. The molecule has 1 atom stereocenters. The number of hydrogen-bond acceptors (Lipinski definition) is 5. The van der Waals surface area contributed by atoms with Gasteiger partial charge in [0.2, 0.25) is 6.79 Å². The zero-order valence-electron chi connectivity index (χ0n) is 16.2. The van der Waals surface area contributed by atoms with E-state index >= 15 is 0 Å². The van der Waals surface area contributed by atoms with Gasteiger partial charge in [0.05, 0.1) is 18.8 Å². The summed E-state index contributed by atoms with van der Waals surface area (Å²) in [5.41, 5.74) is 5.14. The number of Topliss-reactive ketones (excluding diaryl/α,β-unsaturated/α-hetero) is 1. The number of benzene rings is 2. The Kier molecular flexibility index (Phi) is 4.03. The summed E-state index contributed by atoms with van der Waals surface area (Å²) in [7, 11) is 0. The second-order valence-electron chi connectivity index (χ2n) is 7.69. The van der Waals surface area contributed by atoms with Gasteiger partial charge in [-0.1, -0.05) is 30.3 Å². The van der Waals surface area contributed by atoms with Gasteiger partial charge in [0.25, 0.3) is 0 Å². The molecule has 0 bridgehead atoms. The van der Waals surface area contributed by atoms with Crippen molar-refractivity contribution in [2.75, 3.05) is 33.1 Å². The molecular weight excluding hydrogens is 354 g/mol. The molecule has 0 aromatic heterocycles. The van der Waals surface area contributed by atoms with E-state index in [1.54, 1.807) is 6.92 Å². The number of ketones is 1. The second kappa shape index (κ2) is 6.47. The lowest BCUT2D eigenvalue weighted by Crippen LogP contribution is -2.48. The molecule has 1 saturated heterocycles. The van der Waals surface area contributed by atoms with Crippen molar-refractivity contribution in [2.24, 2.45) is 0 Å². The van der Waals surface area contributed by atoms with E-state index in [-0.39, 0.29) is 18.1 Å².